The van der Waals surface area contributed by atoms with Gasteiger partial charge in [0, 0.05) is 14.5 Å². The Morgan fingerprint density at radius 3 is 2.08 bits per heavy atom. The fourth-order valence-corrected chi connectivity index (χ4v) is 1.97. The molecule has 0 fully saturated rings. The summed E-state index contributed by atoms with van der Waals surface area (Å²) >= 11 is 6.52. The SMILES string of the molecule is CC(=O)c1cc(Br)c(N)c(Br)c1. The molecule has 1 aromatic rings. The third kappa shape index (κ3) is 1.87. The monoisotopic (exact) mass is 291 g/mol. The van der Waals surface area contributed by atoms with E-state index in [2.05, 4.69) is 31.9 Å². The minimum absolute atomic E-state index is 0.0244. The lowest BCUT2D eigenvalue weighted by molar-refractivity contribution is 0.101. The molecule has 0 spiro atoms. The van der Waals surface area contributed by atoms with Crippen LogP contribution in [0.25, 0.3) is 0 Å². The van der Waals surface area contributed by atoms with Gasteiger partial charge in [-0.2, -0.15) is 0 Å². The Bertz CT molecular complexity index is 313. The van der Waals surface area contributed by atoms with Crippen LogP contribution in [0.1, 0.15) is 17.3 Å². The molecule has 0 aliphatic carbocycles. The van der Waals surface area contributed by atoms with E-state index in [9.17, 15) is 4.79 Å². The molecule has 64 valence electrons. The number of carbonyl (C=O) groups is 1. The first-order valence-electron chi connectivity index (χ1n) is 3.28. The molecule has 0 saturated carbocycles. The summed E-state index contributed by atoms with van der Waals surface area (Å²) in [7, 11) is 0. The van der Waals surface area contributed by atoms with E-state index in [1.807, 2.05) is 0 Å². The van der Waals surface area contributed by atoms with E-state index in [0.717, 1.165) is 8.95 Å². The maximum Gasteiger partial charge on any atom is 0.159 e. The first-order valence-corrected chi connectivity index (χ1v) is 4.86. The summed E-state index contributed by atoms with van der Waals surface area (Å²) in [4.78, 5) is 11.0. The lowest BCUT2D eigenvalue weighted by atomic mass is 10.1. The zero-order valence-corrected chi connectivity index (χ0v) is 9.57. The highest BCUT2D eigenvalue weighted by atomic mass is 79.9. The normalized spacial score (nSPS) is 9.92. The molecule has 0 atom stereocenters. The minimum atomic E-state index is 0.0244. The van der Waals surface area contributed by atoms with Crippen LogP contribution in [0.3, 0.4) is 0 Å². The number of nitrogen functional groups attached to an aromatic ring is 1. The average molecular weight is 293 g/mol. The summed E-state index contributed by atoms with van der Waals surface area (Å²) in [6, 6.07) is 3.42. The van der Waals surface area contributed by atoms with Crippen LogP contribution in [-0.4, -0.2) is 5.78 Å². The van der Waals surface area contributed by atoms with Crippen molar-refractivity contribution < 1.29 is 4.79 Å². The molecule has 12 heavy (non-hydrogen) atoms. The smallest absolute Gasteiger partial charge is 0.159 e. The number of anilines is 1. The zero-order chi connectivity index (χ0) is 9.30. The third-order valence-corrected chi connectivity index (χ3v) is 2.80. The predicted octanol–water partition coefficient (Wildman–Crippen LogP) is 3.00. The molecule has 0 aromatic heterocycles. The van der Waals surface area contributed by atoms with Crippen molar-refractivity contribution >= 4 is 43.3 Å². The van der Waals surface area contributed by atoms with Crippen molar-refractivity contribution in [1.29, 1.82) is 0 Å². The number of carbonyl (C=O) groups excluding carboxylic acids is 1. The molecule has 2 nitrogen and oxygen atoms in total. The number of hydrogen-bond donors (Lipinski definition) is 1. The molecule has 0 aliphatic heterocycles. The second-order valence-corrected chi connectivity index (χ2v) is 4.12. The number of rotatable bonds is 1. The number of ketones is 1. The molecule has 0 radical (unpaired) electrons. The van der Waals surface area contributed by atoms with Gasteiger partial charge in [-0.1, -0.05) is 0 Å². The Morgan fingerprint density at radius 2 is 1.75 bits per heavy atom. The second kappa shape index (κ2) is 3.58. The number of nitrogens with two attached hydrogens (primary N) is 1. The summed E-state index contributed by atoms with van der Waals surface area (Å²) in [6.45, 7) is 1.52. The Labute approximate surface area is 87.4 Å². The van der Waals surface area contributed by atoms with E-state index < -0.39 is 0 Å². The molecular formula is C8H7Br2NO. The first-order chi connectivity index (χ1) is 5.52. The second-order valence-electron chi connectivity index (χ2n) is 2.41. The maximum atomic E-state index is 11.0. The van der Waals surface area contributed by atoms with Crippen LogP contribution >= 0.6 is 31.9 Å². The van der Waals surface area contributed by atoms with E-state index in [1.54, 1.807) is 12.1 Å². The van der Waals surface area contributed by atoms with Crippen LogP contribution in [0.2, 0.25) is 0 Å². The van der Waals surface area contributed by atoms with Gasteiger partial charge in [0.05, 0.1) is 5.69 Å². The van der Waals surface area contributed by atoms with E-state index in [-0.39, 0.29) is 5.78 Å². The topological polar surface area (TPSA) is 43.1 Å². The highest BCUT2D eigenvalue weighted by molar-refractivity contribution is 9.11. The molecule has 0 amide bonds. The standard InChI is InChI=1S/C8H7Br2NO/c1-4(12)5-2-6(9)8(11)7(10)3-5/h2-3H,11H2,1H3. The lowest BCUT2D eigenvalue weighted by Crippen LogP contribution is -1.95. The van der Waals surface area contributed by atoms with Gasteiger partial charge in [0.2, 0.25) is 0 Å². The quantitative estimate of drug-likeness (QED) is 0.639. The van der Waals surface area contributed by atoms with Crippen molar-refractivity contribution in [2.75, 3.05) is 5.73 Å². The molecule has 0 heterocycles. The zero-order valence-electron chi connectivity index (χ0n) is 6.40. The Morgan fingerprint density at radius 1 is 1.33 bits per heavy atom. The predicted molar refractivity (Wildman–Crippen MR) is 56.3 cm³/mol. The van der Waals surface area contributed by atoms with Crippen LogP contribution in [-0.2, 0) is 0 Å². The van der Waals surface area contributed by atoms with Crippen molar-refractivity contribution in [3.8, 4) is 0 Å². The fourth-order valence-electron chi connectivity index (χ4n) is 0.788. The van der Waals surface area contributed by atoms with Crippen molar-refractivity contribution in [3.63, 3.8) is 0 Å². The van der Waals surface area contributed by atoms with Gasteiger partial charge in [-0.15, -0.1) is 0 Å². The van der Waals surface area contributed by atoms with Gasteiger partial charge < -0.3 is 5.73 Å². The molecule has 0 unspecified atom stereocenters. The van der Waals surface area contributed by atoms with Gasteiger partial charge in [-0.25, -0.2) is 0 Å². The van der Waals surface area contributed by atoms with Gasteiger partial charge in [-0.3, -0.25) is 4.79 Å². The van der Waals surface area contributed by atoms with Crippen molar-refractivity contribution in [1.82, 2.24) is 0 Å². The van der Waals surface area contributed by atoms with Gasteiger partial charge in [0.25, 0.3) is 0 Å². The molecule has 0 aliphatic rings. The van der Waals surface area contributed by atoms with Crippen molar-refractivity contribution in [3.05, 3.63) is 26.6 Å². The van der Waals surface area contributed by atoms with Gasteiger partial charge >= 0.3 is 0 Å². The molecular weight excluding hydrogens is 286 g/mol. The van der Waals surface area contributed by atoms with E-state index in [4.69, 9.17) is 5.73 Å². The average Bonchev–Trinajstić information content (AvgIpc) is 1.99. The van der Waals surface area contributed by atoms with Crippen LogP contribution in [0, 0.1) is 0 Å². The van der Waals surface area contributed by atoms with Crippen LogP contribution < -0.4 is 5.73 Å². The van der Waals surface area contributed by atoms with E-state index >= 15 is 0 Å². The van der Waals surface area contributed by atoms with E-state index in [0.29, 0.717) is 11.3 Å². The minimum Gasteiger partial charge on any atom is -0.397 e. The Hall–Kier alpha value is -0.350. The van der Waals surface area contributed by atoms with Crippen LogP contribution in [0.15, 0.2) is 21.1 Å². The molecule has 1 rings (SSSR count). The highest BCUT2D eigenvalue weighted by Crippen LogP contribution is 2.29. The Balaban J connectivity index is 3.31. The van der Waals surface area contributed by atoms with Crippen LogP contribution in [0.5, 0.6) is 0 Å². The molecule has 2 N–H and O–H groups in total. The number of halogens is 2. The van der Waals surface area contributed by atoms with Gasteiger partial charge in [-0.05, 0) is 50.9 Å². The molecule has 1 aromatic carbocycles. The van der Waals surface area contributed by atoms with Crippen molar-refractivity contribution in [2.45, 2.75) is 6.92 Å². The molecule has 4 heteroatoms. The highest BCUT2D eigenvalue weighted by Gasteiger charge is 2.06. The number of hydrogen-bond acceptors (Lipinski definition) is 2. The first kappa shape index (κ1) is 9.74. The fraction of sp³-hybridized carbons (Fsp3) is 0.125. The van der Waals surface area contributed by atoms with Crippen molar-refractivity contribution in [2.24, 2.45) is 0 Å². The van der Waals surface area contributed by atoms with Crippen LogP contribution in [0.4, 0.5) is 5.69 Å². The molecule has 0 saturated heterocycles. The Kier molecular flexibility index (Phi) is 2.90. The van der Waals surface area contributed by atoms with E-state index in [1.165, 1.54) is 6.92 Å². The maximum absolute atomic E-state index is 11.0. The summed E-state index contributed by atoms with van der Waals surface area (Å²) in [5.41, 5.74) is 6.90. The lowest BCUT2D eigenvalue weighted by Gasteiger charge is -2.03. The summed E-state index contributed by atoms with van der Waals surface area (Å²) < 4.78 is 1.48. The van der Waals surface area contributed by atoms with Gasteiger partial charge in [0.1, 0.15) is 0 Å². The summed E-state index contributed by atoms with van der Waals surface area (Å²) in [5, 5.41) is 0. The number of Topliss-reactive ketones (excluding diaryl/α,β-unsaturated/α-hetero) is 1. The summed E-state index contributed by atoms with van der Waals surface area (Å²) in [5.74, 6) is 0.0244. The summed E-state index contributed by atoms with van der Waals surface area (Å²) in [6.07, 6.45) is 0. The molecule has 0 bridgehead atoms. The third-order valence-electron chi connectivity index (χ3n) is 1.49. The number of benzene rings is 1. The largest absolute Gasteiger partial charge is 0.397 e. The van der Waals surface area contributed by atoms with Gasteiger partial charge in [0.15, 0.2) is 5.78 Å².